The normalized spacial score (nSPS) is 19.7. The van der Waals surface area contributed by atoms with E-state index in [4.69, 9.17) is 4.99 Å². The van der Waals surface area contributed by atoms with E-state index in [1.54, 1.807) is 0 Å². The van der Waals surface area contributed by atoms with Gasteiger partial charge in [0.25, 0.3) is 0 Å². The fourth-order valence-electron chi connectivity index (χ4n) is 2.39. The van der Waals surface area contributed by atoms with Crippen LogP contribution in [0.4, 0.5) is 0 Å². The molecule has 0 spiro atoms. The third-order valence-electron chi connectivity index (χ3n) is 3.72. The summed E-state index contributed by atoms with van der Waals surface area (Å²) in [6.07, 6.45) is 1.09. The van der Waals surface area contributed by atoms with Crippen molar-refractivity contribution in [3.63, 3.8) is 0 Å². The maximum atomic E-state index is 4.69. The largest absolute Gasteiger partial charge is 0.357 e. The van der Waals surface area contributed by atoms with Gasteiger partial charge in [-0.1, -0.05) is 73.3 Å². The molecule has 1 fully saturated rings. The first-order valence-electron chi connectivity index (χ1n) is 7.41. The van der Waals surface area contributed by atoms with Crippen LogP contribution in [0.25, 0.3) is 0 Å². The minimum absolute atomic E-state index is 0.386. The number of benzene rings is 2. The van der Waals surface area contributed by atoms with Crippen molar-refractivity contribution in [1.82, 2.24) is 5.32 Å². The van der Waals surface area contributed by atoms with Crippen molar-refractivity contribution < 1.29 is 0 Å². The Morgan fingerprint density at radius 3 is 2.48 bits per heavy atom. The van der Waals surface area contributed by atoms with E-state index in [9.17, 15) is 0 Å². The molecule has 1 N–H and O–H groups in total. The Balaban J connectivity index is 1.60. The number of amidine groups is 1. The maximum absolute atomic E-state index is 4.69. The van der Waals surface area contributed by atoms with Crippen LogP contribution in [0.2, 0.25) is 0 Å². The van der Waals surface area contributed by atoms with Gasteiger partial charge < -0.3 is 5.32 Å². The lowest BCUT2D eigenvalue weighted by Gasteiger charge is -2.09. The number of hydrogen-bond acceptors (Lipinski definition) is 2. The zero-order valence-electron chi connectivity index (χ0n) is 12.3. The number of aryl methyl sites for hydroxylation is 1. The molecule has 2 nitrogen and oxygen atoms in total. The van der Waals surface area contributed by atoms with Crippen LogP contribution >= 0.6 is 11.8 Å². The Morgan fingerprint density at radius 1 is 1.05 bits per heavy atom. The van der Waals surface area contributed by atoms with E-state index in [0.717, 1.165) is 23.9 Å². The third kappa shape index (κ3) is 3.67. The summed E-state index contributed by atoms with van der Waals surface area (Å²) in [5.41, 5.74) is 3.98. The molecule has 108 valence electrons. The fourth-order valence-corrected chi connectivity index (χ4v) is 3.38. The van der Waals surface area contributed by atoms with Crippen molar-refractivity contribution in [3.8, 4) is 0 Å². The van der Waals surface area contributed by atoms with E-state index in [2.05, 4.69) is 66.8 Å². The van der Waals surface area contributed by atoms with Crippen LogP contribution in [-0.2, 0) is 13.0 Å². The summed E-state index contributed by atoms with van der Waals surface area (Å²) in [4.78, 5) is 4.69. The predicted octanol–water partition coefficient (Wildman–Crippen LogP) is 4.18. The molecule has 0 aliphatic carbocycles. The molecule has 1 atom stereocenters. The van der Waals surface area contributed by atoms with Crippen LogP contribution in [-0.4, -0.2) is 10.9 Å². The molecule has 0 radical (unpaired) electrons. The molecule has 0 bridgehead atoms. The smallest absolute Gasteiger partial charge is 0.157 e. The topological polar surface area (TPSA) is 24.4 Å². The molecular formula is C18H20N2S. The van der Waals surface area contributed by atoms with E-state index in [0.29, 0.717) is 6.04 Å². The first-order valence-corrected chi connectivity index (χ1v) is 8.40. The minimum atomic E-state index is 0.386. The molecular weight excluding hydrogens is 276 g/mol. The van der Waals surface area contributed by atoms with E-state index in [-0.39, 0.29) is 0 Å². The lowest BCUT2D eigenvalue weighted by molar-refractivity contribution is 0.748. The Kier molecular flexibility index (Phi) is 4.61. The van der Waals surface area contributed by atoms with E-state index in [1.165, 1.54) is 16.7 Å². The monoisotopic (exact) mass is 296 g/mol. The molecule has 1 heterocycles. The van der Waals surface area contributed by atoms with Gasteiger partial charge in [0.2, 0.25) is 0 Å². The molecule has 1 unspecified atom stereocenters. The average molecular weight is 296 g/mol. The zero-order chi connectivity index (χ0) is 14.5. The first-order chi connectivity index (χ1) is 10.3. The van der Waals surface area contributed by atoms with Gasteiger partial charge in [-0.2, -0.15) is 0 Å². The third-order valence-corrected chi connectivity index (χ3v) is 4.74. The standard InChI is InChI=1S/C18H20N2S/c1-2-14-8-10-15(11-9-14)12-19-18-20-17(13-21-18)16-6-4-3-5-7-16/h3-11,17H,2,12-13H2,1H3,(H,19,20). The second-order valence-electron chi connectivity index (χ2n) is 5.21. The Bertz CT molecular complexity index is 605. The van der Waals surface area contributed by atoms with Gasteiger partial charge in [0.05, 0.1) is 12.6 Å². The molecule has 3 rings (SSSR count). The fraction of sp³-hybridized carbons (Fsp3) is 0.278. The molecule has 1 aliphatic heterocycles. The molecule has 3 heteroatoms. The van der Waals surface area contributed by atoms with Gasteiger partial charge in [-0.25, -0.2) is 0 Å². The maximum Gasteiger partial charge on any atom is 0.157 e. The number of nitrogens with zero attached hydrogens (tertiary/aromatic N) is 1. The number of aliphatic imine (C=N–C) groups is 1. The number of nitrogens with one attached hydrogen (secondary N) is 1. The zero-order valence-corrected chi connectivity index (χ0v) is 13.1. The molecule has 0 aromatic heterocycles. The SMILES string of the molecule is CCc1ccc(CN=C2NC(c3ccccc3)CS2)cc1. The van der Waals surface area contributed by atoms with Crippen molar-refractivity contribution in [2.45, 2.75) is 25.9 Å². The van der Waals surface area contributed by atoms with E-state index in [1.807, 2.05) is 11.8 Å². The van der Waals surface area contributed by atoms with Crippen molar-refractivity contribution in [3.05, 3.63) is 71.3 Å². The minimum Gasteiger partial charge on any atom is -0.357 e. The molecule has 21 heavy (non-hydrogen) atoms. The second kappa shape index (κ2) is 6.81. The number of hydrogen-bond donors (Lipinski definition) is 1. The van der Waals surface area contributed by atoms with E-state index < -0.39 is 0 Å². The summed E-state index contributed by atoms with van der Waals surface area (Å²) in [7, 11) is 0. The summed E-state index contributed by atoms with van der Waals surface area (Å²) in [5.74, 6) is 1.05. The first kappa shape index (κ1) is 14.2. The van der Waals surface area contributed by atoms with E-state index >= 15 is 0 Å². The Morgan fingerprint density at radius 2 is 1.76 bits per heavy atom. The van der Waals surface area contributed by atoms with Crippen LogP contribution in [0.15, 0.2) is 59.6 Å². The van der Waals surface area contributed by atoms with Crippen LogP contribution in [0.5, 0.6) is 0 Å². The van der Waals surface area contributed by atoms with Gasteiger partial charge in [0.1, 0.15) is 0 Å². The highest BCUT2D eigenvalue weighted by Crippen LogP contribution is 2.26. The Labute approximate surface area is 130 Å². The molecule has 0 saturated carbocycles. The van der Waals surface area contributed by atoms with Gasteiger partial charge in [-0.3, -0.25) is 4.99 Å². The van der Waals surface area contributed by atoms with Crippen molar-refractivity contribution in [2.24, 2.45) is 4.99 Å². The summed E-state index contributed by atoms with van der Waals surface area (Å²) in [5, 5.41) is 4.57. The van der Waals surface area contributed by atoms with Crippen LogP contribution < -0.4 is 5.32 Å². The van der Waals surface area contributed by atoms with Crippen molar-refractivity contribution >= 4 is 16.9 Å². The number of rotatable bonds is 4. The molecule has 2 aromatic rings. The average Bonchev–Trinajstić information content (AvgIpc) is 3.03. The molecule has 0 amide bonds. The van der Waals surface area contributed by atoms with Crippen molar-refractivity contribution in [1.29, 1.82) is 0 Å². The Hall–Kier alpha value is -1.74. The van der Waals surface area contributed by atoms with Gasteiger partial charge in [0.15, 0.2) is 5.17 Å². The van der Waals surface area contributed by atoms with Crippen LogP contribution in [0.1, 0.15) is 29.7 Å². The van der Waals surface area contributed by atoms with Gasteiger partial charge in [0, 0.05) is 5.75 Å². The van der Waals surface area contributed by atoms with Crippen LogP contribution in [0.3, 0.4) is 0 Å². The summed E-state index contributed by atoms with van der Waals surface area (Å²) >= 11 is 1.81. The number of thioether (sulfide) groups is 1. The van der Waals surface area contributed by atoms with Crippen LogP contribution in [0, 0.1) is 0 Å². The summed E-state index contributed by atoms with van der Waals surface area (Å²) < 4.78 is 0. The van der Waals surface area contributed by atoms with Crippen molar-refractivity contribution in [2.75, 3.05) is 5.75 Å². The predicted molar refractivity (Wildman–Crippen MR) is 91.7 cm³/mol. The molecule has 1 saturated heterocycles. The second-order valence-corrected chi connectivity index (χ2v) is 6.22. The summed E-state index contributed by atoms with van der Waals surface area (Å²) in [6, 6.07) is 19.7. The lowest BCUT2D eigenvalue weighted by atomic mass is 10.1. The molecule has 1 aliphatic rings. The highest BCUT2D eigenvalue weighted by atomic mass is 32.2. The van der Waals surface area contributed by atoms with Gasteiger partial charge >= 0.3 is 0 Å². The highest BCUT2D eigenvalue weighted by Gasteiger charge is 2.21. The highest BCUT2D eigenvalue weighted by molar-refractivity contribution is 8.14. The quantitative estimate of drug-likeness (QED) is 0.915. The molecule has 2 aromatic carbocycles. The van der Waals surface area contributed by atoms with Gasteiger partial charge in [-0.05, 0) is 23.1 Å². The summed E-state index contributed by atoms with van der Waals surface area (Å²) in [6.45, 7) is 2.93. The van der Waals surface area contributed by atoms with Gasteiger partial charge in [-0.15, -0.1) is 0 Å². The lowest BCUT2D eigenvalue weighted by Crippen LogP contribution is -2.19.